The fraction of sp³-hybridized carbons (Fsp3) is 0.0667. The van der Waals surface area contributed by atoms with Crippen LogP contribution in [0.1, 0.15) is 5.56 Å². The molecule has 0 aliphatic carbocycles. The number of aromatic nitrogens is 2. The lowest BCUT2D eigenvalue weighted by atomic mass is 10.2. The Hall–Kier alpha value is -2.62. The van der Waals surface area contributed by atoms with E-state index in [9.17, 15) is 0 Å². The van der Waals surface area contributed by atoms with Crippen LogP contribution in [0.5, 0.6) is 11.6 Å². The van der Waals surface area contributed by atoms with Crippen LogP contribution in [0.2, 0.25) is 0 Å². The molecule has 3 aromatic rings. The van der Waals surface area contributed by atoms with Crippen molar-refractivity contribution in [2.24, 2.45) is 0 Å². The Labute approximate surface area is 110 Å². The molecule has 4 nitrogen and oxygen atoms in total. The van der Waals surface area contributed by atoms with Crippen LogP contribution in [0.4, 0.5) is 5.69 Å². The standard InChI is InChI=1S/C15H13N3O/c1-10-6-8-17-14(9-10)19-13-5-4-12(16)15-11(13)3-2-7-18-15/h2-9H,16H2,1H3. The first kappa shape index (κ1) is 11.5. The van der Waals surface area contributed by atoms with E-state index in [2.05, 4.69) is 9.97 Å². The summed E-state index contributed by atoms with van der Waals surface area (Å²) in [4.78, 5) is 8.47. The van der Waals surface area contributed by atoms with E-state index in [-0.39, 0.29) is 0 Å². The zero-order chi connectivity index (χ0) is 13.2. The summed E-state index contributed by atoms with van der Waals surface area (Å²) < 4.78 is 5.82. The van der Waals surface area contributed by atoms with E-state index in [1.165, 1.54) is 0 Å². The van der Waals surface area contributed by atoms with Gasteiger partial charge in [-0.05, 0) is 42.8 Å². The number of aryl methyl sites for hydroxylation is 1. The molecule has 0 atom stereocenters. The van der Waals surface area contributed by atoms with Crippen molar-refractivity contribution < 1.29 is 4.74 Å². The van der Waals surface area contributed by atoms with Gasteiger partial charge in [-0.15, -0.1) is 0 Å². The second-order valence-electron chi connectivity index (χ2n) is 4.33. The molecule has 0 bridgehead atoms. The van der Waals surface area contributed by atoms with Gasteiger partial charge < -0.3 is 10.5 Å². The van der Waals surface area contributed by atoms with Gasteiger partial charge >= 0.3 is 0 Å². The molecule has 0 radical (unpaired) electrons. The summed E-state index contributed by atoms with van der Waals surface area (Å²) in [6.45, 7) is 2.00. The molecule has 0 spiro atoms. The Bertz CT molecular complexity index is 740. The van der Waals surface area contributed by atoms with Crippen LogP contribution in [-0.2, 0) is 0 Å². The van der Waals surface area contributed by atoms with Crippen LogP contribution in [-0.4, -0.2) is 9.97 Å². The molecule has 2 heterocycles. The number of nitrogens with two attached hydrogens (primary N) is 1. The summed E-state index contributed by atoms with van der Waals surface area (Å²) in [5.41, 5.74) is 8.39. The minimum Gasteiger partial charge on any atom is -0.438 e. The predicted octanol–water partition coefficient (Wildman–Crippen LogP) is 3.31. The van der Waals surface area contributed by atoms with E-state index in [4.69, 9.17) is 10.5 Å². The van der Waals surface area contributed by atoms with Gasteiger partial charge in [0.25, 0.3) is 0 Å². The molecule has 0 aliphatic heterocycles. The molecule has 0 saturated heterocycles. The molecule has 2 aromatic heterocycles. The van der Waals surface area contributed by atoms with Crippen molar-refractivity contribution in [1.29, 1.82) is 0 Å². The van der Waals surface area contributed by atoms with Crippen molar-refractivity contribution in [3.63, 3.8) is 0 Å². The van der Waals surface area contributed by atoms with Gasteiger partial charge in [0.2, 0.25) is 5.88 Å². The largest absolute Gasteiger partial charge is 0.438 e. The van der Waals surface area contributed by atoms with Crippen molar-refractivity contribution in [1.82, 2.24) is 9.97 Å². The van der Waals surface area contributed by atoms with Crippen molar-refractivity contribution >= 4 is 16.6 Å². The molecule has 4 heteroatoms. The molecule has 3 rings (SSSR count). The molecular formula is C15H13N3O. The molecule has 0 fully saturated rings. The molecule has 19 heavy (non-hydrogen) atoms. The third-order valence-electron chi connectivity index (χ3n) is 2.87. The molecule has 1 aromatic carbocycles. The normalized spacial score (nSPS) is 10.6. The number of anilines is 1. The van der Waals surface area contributed by atoms with Gasteiger partial charge in [0, 0.05) is 23.8 Å². The van der Waals surface area contributed by atoms with E-state index in [1.54, 1.807) is 18.5 Å². The molecular weight excluding hydrogens is 238 g/mol. The van der Waals surface area contributed by atoms with Crippen molar-refractivity contribution in [2.75, 3.05) is 5.73 Å². The van der Waals surface area contributed by atoms with Crippen molar-refractivity contribution in [3.05, 3.63) is 54.4 Å². The third-order valence-corrected chi connectivity index (χ3v) is 2.87. The quantitative estimate of drug-likeness (QED) is 0.710. The maximum atomic E-state index is 5.91. The van der Waals surface area contributed by atoms with Crippen LogP contribution in [0.15, 0.2) is 48.8 Å². The van der Waals surface area contributed by atoms with Crippen LogP contribution in [0, 0.1) is 6.92 Å². The maximum Gasteiger partial charge on any atom is 0.219 e. The SMILES string of the molecule is Cc1ccnc(Oc2ccc(N)c3ncccc23)c1. The van der Waals surface area contributed by atoms with E-state index < -0.39 is 0 Å². The predicted molar refractivity (Wildman–Crippen MR) is 75.2 cm³/mol. The number of ether oxygens (including phenoxy) is 1. The van der Waals surface area contributed by atoms with Gasteiger partial charge in [-0.25, -0.2) is 4.98 Å². The highest BCUT2D eigenvalue weighted by atomic mass is 16.5. The van der Waals surface area contributed by atoms with E-state index in [1.807, 2.05) is 37.3 Å². The summed E-state index contributed by atoms with van der Waals surface area (Å²) in [5, 5.41) is 0.880. The zero-order valence-corrected chi connectivity index (χ0v) is 10.5. The summed E-state index contributed by atoms with van der Waals surface area (Å²) in [6, 6.07) is 11.2. The number of pyridine rings is 2. The van der Waals surface area contributed by atoms with Crippen molar-refractivity contribution in [2.45, 2.75) is 6.92 Å². The highest BCUT2D eigenvalue weighted by molar-refractivity contribution is 5.93. The molecule has 0 unspecified atom stereocenters. The minimum atomic E-state index is 0.565. The second kappa shape index (κ2) is 4.57. The average Bonchev–Trinajstić information content (AvgIpc) is 2.42. The number of fused-ring (bicyclic) bond motifs is 1. The van der Waals surface area contributed by atoms with Crippen LogP contribution >= 0.6 is 0 Å². The van der Waals surface area contributed by atoms with E-state index in [0.29, 0.717) is 17.3 Å². The van der Waals surface area contributed by atoms with Gasteiger partial charge in [0.05, 0.1) is 11.2 Å². The Morgan fingerprint density at radius 1 is 1.05 bits per heavy atom. The second-order valence-corrected chi connectivity index (χ2v) is 4.33. The molecule has 0 saturated carbocycles. The number of hydrogen-bond acceptors (Lipinski definition) is 4. The monoisotopic (exact) mass is 251 g/mol. The smallest absolute Gasteiger partial charge is 0.219 e. The van der Waals surface area contributed by atoms with Crippen LogP contribution in [0.3, 0.4) is 0 Å². The first-order chi connectivity index (χ1) is 9.24. The van der Waals surface area contributed by atoms with Crippen LogP contribution < -0.4 is 10.5 Å². The maximum absolute atomic E-state index is 5.91. The first-order valence-corrected chi connectivity index (χ1v) is 5.98. The molecule has 94 valence electrons. The van der Waals surface area contributed by atoms with Crippen molar-refractivity contribution in [3.8, 4) is 11.6 Å². The van der Waals surface area contributed by atoms with E-state index >= 15 is 0 Å². The van der Waals surface area contributed by atoms with E-state index in [0.717, 1.165) is 16.5 Å². The lowest BCUT2D eigenvalue weighted by Crippen LogP contribution is -1.93. The Morgan fingerprint density at radius 3 is 2.79 bits per heavy atom. The first-order valence-electron chi connectivity index (χ1n) is 5.98. The number of nitrogen functional groups attached to an aromatic ring is 1. The Balaban J connectivity index is 2.09. The highest BCUT2D eigenvalue weighted by Crippen LogP contribution is 2.31. The lowest BCUT2D eigenvalue weighted by Gasteiger charge is -2.09. The number of rotatable bonds is 2. The summed E-state index contributed by atoms with van der Waals surface area (Å²) in [6.07, 6.45) is 3.44. The summed E-state index contributed by atoms with van der Waals surface area (Å²) in [7, 11) is 0. The fourth-order valence-electron chi connectivity index (χ4n) is 1.93. The average molecular weight is 251 g/mol. The number of nitrogens with zero attached hydrogens (tertiary/aromatic N) is 2. The number of hydrogen-bond donors (Lipinski definition) is 1. The van der Waals surface area contributed by atoms with Gasteiger partial charge in [0.1, 0.15) is 5.75 Å². The van der Waals surface area contributed by atoms with Gasteiger partial charge in [0.15, 0.2) is 0 Å². The Morgan fingerprint density at radius 2 is 1.95 bits per heavy atom. The van der Waals surface area contributed by atoms with Gasteiger partial charge in [-0.3, -0.25) is 4.98 Å². The molecule has 0 amide bonds. The Kier molecular flexibility index (Phi) is 2.76. The summed E-state index contributed by atoms with van der Waals surface area (Å²) >= 11 is 0. The number of benzene rings is 1. The fourth-order valence-corrected chi connectivity index (χ4v) is 1.93. The zero-order valence-electron chi connectivity index (χ0n) is 10.5. The highest BCUT2D eigenvalue weighted by Gasteiger charge is 2.07. The summed E-state index contributed by atoms with van der Waals surface area (Å²) in [5.74, 6) is 1.27. The minimum absolute atomic E-state index is 0.565. The molecule has 2 N–H and O–H groups in total. The topological polar surface area (TPSA) is 61.0 Å². The van der Waals surface area contributed by atoms with Gasteiger partial charge in [-0.2, -0.15) is 0 Å². The lowest BCUT2D eigenvalue weighted by molar-refractivity contribution is 0.468. The molecule has 0 aliphatic rings. The third kappa shape index (κ3) is 2.20. The van der Waals surface area contributed by atoms with Gasteiger partial charge in [-0.1, -0.05) is 0 Å². The van der Waals surface area contributed by atoms with Crippen LogP contribution in [0.25, 0.3) is 10.9 Å².